The maximum atomic E-state index is 14.8. The third-order valence-electron chi connectivity index (χ3n) is 5.96. The van der Waals surface area contributed by atoms with Crippen LogP contribution in [0.5, 0.6) is 0 Å². The number of anilines is 2. The lowest BCUT2D eigenvalue weighted by molar-refractivity contribution is -0.115. The summed E-state index contributed by atoms with van der Waals surface area (Å²) in [7, 11) is 0. The van der Waals surface area contributed by atoms with Crippen molar-refractivity contribution in [2.45, 2.75) is 6.42 Å². The van der Waals surface area contributed by atoms with Crippen molar-refractivity contribution in [3.05, 3.63) is 77.2 Å². The zero-order valence-corrected chi connectivity index (χ0v) is 20.5. The van der Waals surface area contributed by atoms with Crippen molar-refractivity contribution in [1.82, 2.24) is 20.2 Å². The first-order valence-corrected chi connectivity index (χ1v) is 12.5. The highest BCUT2D eigenvalue weighted by atomic mass is 32.2. The molecule has 0 unspecified atom stereocenters. The molecule has 2 aliphatic heterocycles. The van der Waals surface area contributed by atoms with E-state index in [4.69, 9.17) is 0 Å². The van der Waals surface area contributed by atoms with E-state index in [2.05, 4.69) is 20.6 Å². The number of imide groups is 1. The number of urea groups is 1. The van der Waals surface area contributed by atoms with Gasteiger partial charge in [0.1, 0.15) is 11.6 Å². The zero-order valence-electron chi connectivity index (χ0n) is 19.7. The zero-order chi connectivity index (χ0) is 25.8. The highest BCUT2D eigenvalue weighted by Crippen LogP contribution is 2.29. The number of nitrogens with zero attached hydrogens (tertiary/aromatic N) is 4. The first kappa shape index (κ1) is 24.4. The number of amides is 4. The summed E-state index contributed by atoms with van der Waals surface area (Å²) in [4.78, 5) is 49.0. The maximum Gasteiger partial charge on any atom is 0.321 e. The minimum Gasteiger partial charge on any atom is -0.353 e. The van der Waals surface area contributed by atoms with Crippen molar-refractivity contribution in [3.8, 4) is 11.3 Å². The molecular weight excluding hydrogens is 495 g/mol. The van der Waals surface area contributed by atoms with Crippen LogP contribution in [0.25, 0.3) is 17.3 Å². The molecule has 5 rings (SSSR count). The average molecular weight is 519 g/mol. The molecule has 0 saturated carbocycles. The molecule has 11 heteroatoms. The van der Waals surface area contributed by atoms with Crippen molar-refractivity contribution in [2.75, 3.05) is 36.4 Å². The van der Waals surface area contributed by atoms with Gasteiger partial charge in [-0.15, -0.1) is 0 Å². The highest BCUT2D eigenvalue weighted by Gasteiger charge is 2.25. The number of halogens is 1. The van der Waals surface area contributed by atoms with Gasteiger partial charge in [0.05, 0.1) is 23.0 Å². The predicted molar refractivity (Wildman–Crippen MR) is 140 cm³/mol. The van der Waals surface area contributed by atoms with Crippen LogP contribution in [0.2, 0.25) is 0 Å². The van der Waals surface area contributed by atoms with Crippen LogP contribution in [0.1, 0.15) is 12.0 Å². The molecule has 0 atom stereocenters. The van der Waals surface area contributed by atoms with Gasteiger partial charge in [0.15, 0.2) is 0 Å². The van der Waals surface area contributed by atoms with Crippen LogP contribution in [-0.4, -0.2) is 58.2 Å². The Morgan fingerprint density at radius 2 is 1.89 bits per heavy atom. The Morgan fingerprint density at radius 3 is 2.68 bits per heavy atom. The SMILES string of the molecule is O=C1NC(=O)/C(=C/c2ccc(F)c(-c3cncc(N4CCCN(C(=O)Nc5ccccc5)CC4)n3)c2)S1. The summed E-state index contributed by atoms with van der Waals surface area (Å²) >= 11 is 0.801. The number of hydrogen-bond acceptors (Lipinski definition) is 7. The van der Waals surface area contributed by atoms with Crippen molar-refractivity contribution in [3.63, 3.8) is 0 Å². The van der Waals surface area contributed by atoms with E-state index in [-0.39, 0.29) is 16.5 Å². The molecule has 2 aromatic carbocycles. The van der Waals surface area contributed by atoms with E-state index in [0.717, 1.165) is 23.9 Å². The lowest BCUT2D eigenvalue weighted by Crippen LogP contribution is -2.38. The van der Waals surface area contributed by atoms with Crippen molar-refractivity contribution in [1.29, 1.82) is 0 Å². The van der Waals surface area contributed by atoms with E-state index in [0.29, 0.717) is 43.3 Å². The molecule has 37 heavy (non-hydrogen) atoms. The van der Waals surface area contributed by atoms with Gasteiger partial charge < -0.3 is 15.1 Å². The van der Waals surface area contributed by atoms with Gasteiger partial charge in [-0.2, -0.15) is 0 Å². The van der Waals surface area contributed by atoms with Gasteiger partial charge in [-0.3, -0.25) is 19.9 Å². The van der Waals surface area contributed by atoms with Crippen LogP contribution in [0.15, 0.2) is 65.8 Å². The Bertz CT molecular complexity index is 1380. The van der Waals surface area contributed by atoms with Gasteiger partial charge in [0, 0.05) is 37.4 Å². The van der Waals surface area contributed by atoms with Crippen LogP contribution in [0.3, 0.4) is 0 Å². The summed E-state index contributed by atoms with van der Waals surface area (Å²) in [5.74, 6) is -0.370. The van der Waals surface area contributed by atoms with Crippen molar-refractivity contribution < 1.29 is 18.8 Å². The fourth-order valence-electron chi connectivity index (χ4n) is 4.11. The second kappa shape index (κ2) is 10.8. The quantitative estimate of drug-likeness (QED) is 0.495. The van der Waals surface area contributed by atoms with Crippen LogP contribution < -0.4 is 15.5 Å². The number of para-hydroxylation sites is 1. The number of carbonyl (C=O) groups is 3. The molecule has 3 aromatic rings. The van der Waals surface area contributed by atoms with Crippen molar-refractivity contribution in [2.24, 2.45) is 0 Å². The Morgan fingerprint density at radius 1 is 1.05 bits per heavy atom. The van der Waals surface area contributed by atoms with E-state index in [1.807, 2.05) is 35.2 Å². The smallest absolute Gasteiger partial charge is 0.321 e. The van der Waals surface area contributed by atoms with Gasteiger partial charge in [-0.1, -0.05) is 24.3 Å². The third kappa shape index (κ3) is 5.78. The second-order valence-electron chi connectivity index (χ2n) is 8.48. The topological polar surface area (TPSA) is 108 Å². The van der Waals surface area contributed by atoms with Crippen molar-refractivity contribution >= 4 is 46.5 Å². The minimum absolute atomic E-state index is 0.156. The summed E-state index contributed by atoms with van der Waals surface area (Å²) in [5, 5.41) is 4.68. The van der Waals surface area contributed by atoms with Gasteiger partial charge in [-0.05, 0) is 54.1 Å². The minimum atomic E-state index is -0.479. The number of rotatable bonds is 4. The number of nitrogens with one attached hydrogen (secondary N) is 2. The van der Waals surface area contributed by atoms with E-state index in [1.54, 1.807) is 17.2 Å². The molecule has 4 amide bonds. The predicted octanol–water partition coefficient (Wildman–Crippen LogP) is 4.35. The lowest BCUT2D eigenvalue weighted by atomic mass is 10.1. The number of aromatic nitrogens is 2. The van der Waals surface area contributed by atoms with E-state index < -0.39 is 17.0 Å². The lowest BCUT2D eigenvalue weighted by Gasteiger charge is -2.23. The fraction of sp³-hybridized carbons (Fsp3) is 0.192. The number of benzene rings is 2. The molecule has 2 aliphatic rings. The standard InChI is InChI=1S/C26H23FN6O3S/c27-20-8-7-17(14-22-24(34)31-26(36)37-22)13-19(20)21-15-28-16-23(30-21)32-9-4-10-33(12-11-32)25(35)29-18-5-2-1-3-6-18/h1-3,5-8,13-16H,4,9-12H2,(H,29,35)(H,31,34,36)/b22-14-. The second-order valence-corrected chi connectivity index (χ2v) is 9.49. The molecule has 2 N–H and O–H groups in total. The molecule has 3 heterocycles. The Hall–Kier alpha value is -4.25. The van der Waals surface area contributed by atoms with Crippen LogP contribution in [0, 0.1) is 5.82 Å². The molecule has 188 valence electrons. The molecule has 0 aliphatic carbocycles. The van der Waals surface area contributed by atoms with Crippen LogP contribution >= 0.6 is 11.8 Å². The highest BCUT2D eigenvalue weighted by molar-refractivity contribution is 8.18. The molecule has 0 radical (unpaired) electrons. The average Bonchev–Trinajstić information content (AvgIpc) is 3.08. The van der Waals surface area contributed by atoms with Gasteiger partial charge in [0.25, 0.3) is 11.1 Å². The Labute approximate surface area is 216 Å². The first-order valence-electron chi connectivity index (χ1n) is 11.7. The molecule has 2 fully saturated rings. The molecule has 9 nitrogen and oxygen atoms in total. The summed E-state index contributed by atoms with van der Waals surface area (Å²) in [6.07, 6.45) is 5.38. The monoisotopic (exact) mass is 518 g/mol. The van der Waals surface area contributed by atoms with Crippen LogP contribution in [-0.2, 0) is 4.79 Å². The largest absolute Gasteiger partial charge is 0.353 e. The molecule has 1 aromatic heterocycles. The van der Waals surface area contributed by atoms with E-state index >= 15 is 0 Å². The summed E-state index contributed by atoms with van der Waals surface area (Å²) in [6.45, 7) is 2.32. The molecule has 2 saturated heterocycles. The first-order chi connectivity index (χ1) is 18.0. The molecular formula is C26H23FN6O3S. The molecule has 0 bridgehead atoms. The summed E-state index contributed by atoms with van der Waals surface area (Å²) < 4.78 is 14.8. The number of hydrogen-bond donors (Lipinski definition) is 2. The fourth-order valence-corrected chi connectivity index (χ4v) is 4.80. The Kier molecular flexibility index (Phi) is 7.13. The number of carbonyl (C=O) groups excluding carboxylic acids is 3. The summed E-state index contributed by atoms with van der Waals surface area (Å²) in [6, 6.07) is 13.6. The molecule has 0 spiro atoms. The van der Waals surface area contributed by atoms with E-state index in [1.165, 1.54) is 24.4 Å². The van der Waals surface area contributed by atoms with Gasteiger partial charge in [-0.25, -0.2) is 14.2 Å². The summed E-state index contributed by atoms with van der Waals surface area (Å²) in [5.41, 5.74) is 1.88. The van der Waals surface area contributed by atoms with Gasteiger partial charge >= 0.3 is 6.03 Å². The maximum absolute atomic E-state index is 14.8. The van der Waals surface area contributed by atoms with E-state index in [9.17, 15) is 18.8 Å². The van der Waals surface area contributed by atoms with Crippen LogP contribution in [0.4, 0.5) is 25.5 Å². The van der Waals surface area contributed by atoms with Gasteiger partial charge in [0.2, 0.25) is 0 Å². The number of thioether (sulfide) groups is 1. The Balaban J connectivity index is 1.31. The normalized spacial score (nSPS) is 17.1. The third-order valence-corrected chi connectivity index (χ3v) is 6.77.